The van der Waals surface area contributed by atoms with Crippen LogP contribution in [0.4, 0.5) is 11.5 Å². The summed E-state index contributed by atoms with van der Waals surface area (Å²) in [5.41, 5.74) is 6.36. The zero-order valence-corrected chi connectivity index (χ0v) is 10.1. The van der Waals surface area contributed by atoms with Crippen LogP contribution in [0.2, 0.25) is 0 Å². The number of aromatic nitrogens is 1. The number of nitrogens with zero attached hydrogens (tertiary/aromatic N) is 1. The molecule has 1 aromatic heterocycles. The number of rotatable bonds is 5. The summed E-state index contributed by atoms with van der Waals surface area (Å²) < 4.78 is 0. The number of benzene rings is 1. The molecule has 0 bridgehead atoms. The number of nitrogens with two attached hydrogens (primary N) is 1. The Morgan fingerprint density at radius 3 is 2.50 bits per heavy atom. The number of anilines is 1. The van der Waals surface area contributed by atoms with Crippen molar-refractivity contribution in [2.75, 3.05) is 5.32 Å². The van der Waals surface area contributed by atoms with Gasteiger partial charge >= 0.3 is 0 Å². The van der Waals surface area contributed by atoms with Crippen molar-refractivity contribution in [3.63, 3.8) is 0 Å². The molecule has 0 spiro atoms. The molecular formula is C12H10N4O4. The van der Waals surface area contributed by atoms with E-state index in [1.54, 1.807) is 0 Å². The maximum Gasteiger partial charge on any atom is 0.269 e. The molecule has 20 heavy (non-hydrogen) atoms. The number of aromatic amines is 1. The molecule has 4 N–H and O–H groups in total. The van der Waals surface area contributed by atoms with Gasteiger partial charge in [-0.1, -0.05) is 0 Å². The topological polar surface area (TPSA) is 131 Å². The maximum absolute atomic E-state index is 11.5. The van der Waals surface area contributed by atoms with Gasteiger partial charge in [-0.2, -0.15) is 0 Å². The van der Waals surface area contributed by atoms with Gasteiger partial charge in [0.2, 0.25) is 6.41 Å². The third-order valence-electron chi connectivity index (χ3n) is 2.72. The lowest BCUT2D eigenvalue weighted by molar-refractivity contribution is -0.384. The van der Waals surface area contributed by atoms with Gasteiger partial charge in [-0.05, 0) is 17.7 Å². The van der Waals surface area contributed by atoms with E-state index in [2.05, 4.69) is 10.3 Å². The Balaban J connectivity index is 2.49. The number of nitrogens with one attached hydrogen (secondary N) is 2. The second-order valence-corrected chi connectivity index (χ2v) is 3.88. The molecule has 0 aliphatic carbocycles. The summed E-state index contributed by atoms with van der Waals surface area (Å²) in [6, 6.07) is 5.64. The highest BCUT2D eigenvalue weighted by atomic mass is 16.6. The van der Waals surface area contributed by atoms with Crippen molar-refractivity contribution in [2.24, 2.45) is 5.73 Å². The van der Waals surface area contributed by atoms with Crippen molar-refractivity contribution in [1.82, 2.24) is 4.98 Å². The molecule has 0 aliphatic heterocycles. The monoisotopic (exact) mass is 274 g/mol. The molecule has 2 aromatic rings. The molecule has 1 heterocycles. The first-order chi connectivity index (χ1) is 9.54. The average Bonchev–Trinajstić information content (AvgIpc) is 2.83. The second-order valence-electron chi connectivity index (χ2n) is 3.88. The molecule has 0 aliphatic rings. The van der Waals surface area contributed by atoms with Crippen molar-refractivity contribution < 1.29 is 14.5 Å². The summed E-state index contributed by atoms with van der Waals surface area (Å²) in [6.07, 6.45) is 1.91. The molecule has 0 atom stereocenters. The summed E-state index contributed by atoms with van der Waals surface area (Å²) in [5.74, 6) is -0.537. The Hall–Kier alpha value is -3.16. The SMILES string of the molecule is NC(=O)c1c(-c2ccc([N+](=O)[O-])cc2)c[nH]c1NC=O. The molecule has 2 amide bonds. The number of H-pyrrole nitrogens is 1. The van der Waals surface area contributed by atoms with E-state index in [0.29, 0.717) is 17.5 Å². The van der Waals surface area contributed by atoms with Crippen molar-refractivity contribution in [3.05, 3.63) is 46.1 Å². The first kappa shape index (κ1) is 13.3. The van der Waals surface area contributed by atoms with Crippen molar-refractivity contribution >= 4 is 23.8 Å². The molecule has 0 saturated carbocycles. The molecule has 8 heteroatoms. The first-order valence-corrected chi connectivity index (χ1v) is 5.50. The molecule has 0 radical (unpaired) electrons. The molecule has 2 rings (SSSR count). The van der Waals surface area contributed by atoms with Gasteiger partial charge in [-0.3, -0.25) is 19.7 Å². The number of amides is 2. The normalized spacial score (nSPS) is 10.0. The van der Waals surface area contributed by atoms with Gasteiger partial charge in [-0.25, -0.2) is 0 Å². The summed E-state index contributed by atoms with van der Waals surface area (Å²) in [7, 11) is 0. The number of carbonyl (C=O) groups is 2. The van der Waals surface area contributed by atoms with E-state index in [4.69, 9.17) is 5.73 Å². The van der Waals surface area contributed by atoms with Crippen molar-refractivity contribution in [1.29, 1.82) is 0 Å². The van der Waals surface area contributed by atoms with Gasteiger partial charge < -0.3 is 16.0 Å². The Kier molecular flexibility index (Phi) is 3.47. The predicted octanol–water partition coefficient (Wildman–Crippen LogP) is 1.26. The van der Waals surface area contributed by atoms with Crippen LogP contribution in [-0.2, 0) is 4.79 Å². The summed E-state index contributed by atoms with van der Waals surface area (Å²) in [5, 5.41) is 12.9. The lowest BCUT2D eigenvalue weighted by Crippen LogP contribution is -2.14. The van der Waals surface area contributed by atoms with E-state index in [0.717, 1.165) is 0 Å². The van der Waals surface area contributed by atoms with Crippen LogP contribution in [0, 0.1) is 10.1 Å². The largest absolute Gasteiger partial charge is 0.365 e. The van der Waals surface area contributed by atoms with Crippen LogP contribution in [0.25, 0.3) is 11.1 Å². The quantitative estimate of drug-likeness (QED) is 0.430. The molecule has 8 nitrogen and oxygen atoms in total. The van der Waals surface area contributed by atoms with Gasteiger partial charge in [0.05, 0.1) is 10.5 Å². The third kappa shape index (κ3) is 2.34. The van der Waals surface area contributed by atoms with E-state index in [1.807, 2.05) is 0 Å². The highest BCUT2D eigenvalue weighted by Gasteiger charge is 2.18. The second kappa shape index (κ2) is 5.22. The first-order valence-electron chi connectivity index (χ1n) is 5.50. The minimum atomic E-state index is -0.719. The van der Waals surface area contributed by atoms with Gasteiger partial charge in [0, 0.05) is 23.9 Å². The lowest BCUT2D eigenvalue weighted by Gasteiger charge is -2.03. The van der Waals surface area contributed by atoms with E-state index in [-0.39, 0.29) is 17.1 Å². The van der Waals surface area contributed by atoms with E-state index < -0.39 is 10.8 Å². The number of hydrogen-bond acceptors (Lipinski definition) is 4. The minimum absolute atomic E-state index is 0.0591. The van der Waals surface area contributed by atoms with Crippen LogP contribution in [0.3, 0.4) is 0 Å². The van der Waals surface area contributed by atoms with Crippen molar-refractivity contribution in [3.8, 4) is 11.1 Å². The summed E-state index contributed by atoms with van der Waals surface area (Å²) in [6.45, 7) is 0. The molecule has 0 fully saturated rings. The average molecular weight is 274 g/mol. The molecule has 0 unspecified atom stereocenters. The number of hydrogen-bond donors (Lipinski definition) is 3. The molecule has 102 valence electrons. The Morgan fingerprint density at radius 2 is 2.00 bits per heavy atom. The molecule has 0 saturated heterocycles. The van der Waals surface area contributed by atoms with E-state index in [1.165, 1.54) is 30.5 Å². The number of carbonyl (C=O) groups excluding carboxylic acids is 2. The van der Waals surface area contributed by atoms with Crippen LogP contribution < -0.4 is 11.1 Å². The Labute approximate surface area is 112 Å². The lowest BCUT2D eigenvalue weighted by atomic mass is 10.0. The number of non-ortho nitro benzene ring substituents is 1. The zero-order chi connectivity index (χ0) is 14.7. The van der Waals surface area contributed by atoms with Gasteiger partial charge in [0.1, 0.15) is 5.82 Å². The Morgan fingerprint density at radius 1 is 1.35 bits per heavy atom. The van der Waals surface area contributed by atoms with Gasteiger partial charge in [0.15, 0.2) is 0 Å². The maximum atomic E-state index is 11.5. The highest BCUT2D eigenvalue weighted by Crippen LogP contribution is 2.29. The zero-order valence-electron chi connectivity index (χ0n) is 10.1. The minimum Gasteiger partial charge on any atom is -0.365 e. The fourth-order valence-electron chi connectivity index (χ4n) is 1.84. The smallest absolute Gasteiger partial charge is 0.269 e. The van der Waals surface area contributed by atoms with E-state index in [9.17, 15) is 19.7 Å². The standard InChI is InChI=1S/C12H10N4O4/c13-11(18)10-9(5-14-12(10)15-6-17)7-1-3-8(4-2-7)16(19)20/h1-6,14H,(H2,13,18)(H,15,17). The van der Waals surface area contributed by atoms with E-state index >= 15 is 0 Å². The van der Waals surface area contributed by atoms with Crippen molar-refractivity contribution in [2.45, 2.75) is 0 Å². The summed E-state index contributed by atoms with van der Waals surface area (Å²) in [4.78, 5) is 34.7. The summed E-state index contributed by atoms with van der Waals surface area (Å²) >= 11 is 0. The Bertz CT molecular complexity index is 675. The number of nitro benzene ring substituents is 1. The number of nitro groups is 1. The van der Waals surface area contributed by atoms with Crippen LogP contribution in [0.15, 0.2) is 30.5 Å². The fourth-order valence-corrected chi connectivity index (χ4v) is 1.84. The highest BCUT2D eigenvalue weighted by molar-refractivity contribution is 6.05. The number of primary amides is 1. The van der Waals surface area contributed by atoms with Gasteiger partial charge in [-0.15, -0.1) is 0 Å². The third-order valence-corrected chi connectivity index (χ3v) is 2.72. The van der Waals surface area contributed by atoms with Crippen LogP contribution in [-0.4, -0.2) is 22.2 Å². The fraction of sp³-hybridized carbons (Fsp3) is 0. The van der Waals surface area contributed by atoms with Crippen LogP contribution >= 0.6 is 0 Å². The molecule has 1 aromatic carbocycles. The van der Waals surface area contributed by atoms with Crippen LogP contribution in [0.5, 0.6) is 0 Å². The van der Waals surface area contributed by atoms with Crippen LogP contribution in [0.1, 0.15) is 10.4 Å². The predicted molar refractivity (Wildman–Crippen MR) is 71.1 cm³/mol. The van der Waals surface area contributed by atoms with Gasteiger partial charge in [0.25, 0.3) is 11.6 Å². The molecular weight excluding hydrogens is 264 g/mol.